The molecular formula is C15H13F2N3O2. The summed E-state index contributed by atoms with van der Waals surface area (Å²) >= 11 is 0. The normalized spacial score (nSPS) is 18.4. The summed E-state index contributed by atoms with van der Waals surface area (Å²) in [6.45, 7) is 0.897. The van der Waals surface area contributed by atoms with Crippen LogP contribution in [-0.4, -0.2) is 34.0 Å². The zero-order valence-electron chi connectivity index (χ0n) is 11.6. The van der Waals surface area contributed by atoms with Gasteiger partial charge in [0.1, 0.15) is 0 Å². The molecule has 4 rings (SSSR count). The van der Waals surface area contributed by atoms with Crippen LogP contribution in [-0.2, 0) is 0 Å². The van der Waals surface area contributed by atoms with Gasteiger partial charge < -0.3 is 9.42 Å². The monoisotopic (exact) mass is 305 g/mol. The summed E-state index contributed by atoms with van der Waals surface area (Å²) in [6, 6.07) is 3.16. The molecule has 1 aliphatic heterocycles. The van der Waals surface area contributed by atoms with E-state index in [-0.39, 0.29) is 17.4 Å². The molecule has 2 aromatic rings. The predicted octanol–water partition coefficient (Wildman–Crippen LogP) is 2.46. The summed E-state index contributed by atoms with van der Waals surface area (Å²) in [7, 11) is 0. The van der Waals surface area contributed by atoms with Crippen LogP contribution in [0.25, 0.3) is 0 Å². The second-order valence-corrected chi connectivity index (χ2v) is 5.80. The van der Waals surface area contributed by atoms with Crippen LogP contribution >= 0.6 is 0 Å². The van der Waals surface area contributed by atoms with Crippen LogP contribution in [0.5, 0.6) is 0 Å². The molecule has 22 heavy (non-hydrogen) atoms. The van der Waals surface area contributed by atoms with Crippen molar-refractivity contribution >= 4 is 5.91 Å². The summed E-state index contributed by atoms with van der Waals surface area (Å²) in [4.78, 5) is 18.1. The quantitative estimate of drug-likeness (QED) is 0.874. The summed E-state index contributed by atoms with van der Waals surface area (Å²) in [6.07, 6.45) is 2.20. The smallest absolute Gasteiger partial charge is 0.254 e. The van der Waals surface area contributed by atoms with Gasteiger partial charge in [-0.1, -0.05) is 5.16 Å². The molecule has 2 aliphatic rings. The molecular weight excluding hydrogens is 292 g/mol. The van der Waals surface area contributed by atoms with Crippen molar-refractivity contribution in [2.24, 2.45) is 0 Å². The highest BCUT2D eigenvalue weighted by Gasteiger charge is 2.37. The highest BCUT2D eigenvalue weighted by atomic mass is 19.2. The molecule has 0 unspecified atom stereocenters. The number of benzene rings is 1. The molecule has 5 nitrogen and oxygen atoms in total. The maximum absolute atomic E-state index is 13.2. The lowest BCUT2D eigenvalue weighted by Gasteiger charge is -2.37. The van der Waals surface area contributed by atoms with Crippen molar-refractivity contribution in [3.8, 4) is 0 Å². The number of rotatable bonds is 3. The third-order valence-electron chi connectivity index (χ3n) is 4.08. The van der Waals surface area contributed by atoms with Crippen LogP contribution in [0.1, 0.15) is 46.8 Å². The number of nitrogens with zero attached hydrogens (tertiary/aromatic N) is 3. The molecule has 0 spiro atoms. The van der Waals surface area contributed by atoms with Gasteiger partial charge in [0.2, 0.25) is 5.89 Å². The number of carbonyl (C=O) groups excluding carboxylic acids is 1. The molecule has 1 saturated heterocycles. The molecule has 1 saturated carbocycles. The Morgan fingerprint density at radius 2 is 1.95 bits per heavy atom. The minimum absolute atomic E-state index is 0.0224. The first-order valence-electron chi connectivity index (χ1n) is 7.19. The fraction of sp³-hybridized carbons (Fsp3) is 0.400. The van der Waals surface area contributed by atoms with Gasteiger partial charge >= 0.3 is 0 Å². The lowest BCUT2D eigenvalue weighted by Crippen LogP contribution is -2.48. The molecule has 114 valence electrons. The van der Waals surface area contributed by atoms with Crippen molar-refractivity contribution < 1.29 is 18.1 Å². The third-order valence-corrected chi connectivity index (χ3v) is 4.08. The Bertz CT molecular complexity index is 736. The lowest BCUT2D eigenvalue weighted by atomic mass is 9.98. The lowest BCUT2D eigenvalue weighted by molar-refractivity contribution is 0.0568. The Morgan fingerprint density at radius 1 is 1.18 bits per heavy atom. The molecule has 2 heterocycles. The number of aromatic nitrogens is 2. The van der Waals surface area contributed by atoms with Crippen LogP contribution in [0.2, 0.25) is 0 Å². The van der Waals surface area contributed by atoms with E-state index in [9.17, 15) is 13.6 Å². The third kappa shape index (κ3) is 2.26. The maximum atomic E-state index is 13.2. The van der Waals surface area contributed by atoms with E-state index in [1.807, 2.05) is 0 Å². The van der Waals surface area contributed by atoms with E-state index < -0.39 is 11.6 Å². The molecule has 0 bridgehead atoms. The van der Waals surface area contributed by atoms with E-state index in [0.717, 1.165) is 30.8 Å². The van der Waals surface area contributed by atoms with Gasteiger partial charge in [-0.3, -0.25) is 4.79 Å². The SMILES string of the molecule is O=C(c1ccc(F)c(F)c1)N1CC(c2nc(C3CC3)no2)C1. The molecule has 1 aromatic carbocycles. The Kier molecular flexibility index (Phi) is 2.95. The number of likely N-dealkylation sites (tertiary alicyclic amines) is 1. The van der Waals surface area contributed by atoms with Crippen molar-refractivity contribution in [1.29, 1.82) is 0 Å². The summed E-state index contributed by atoms with van der Waals surface area (Å²) in [5.41, 5.74) is 0.140. The van der Waals surface area contributed by atoms with Gasteiger partial charge in [-0.2, -0.15) is 4.98 Å². The molecule has 0 N–H and O–H groups in total. The Balaban J connectivity index is 1.41. The summed E-state index contributed by atoms with van der Waals surface area (Å²) in [5.74, 6) is -0.550. The fourth-order valence-electron chi connectivity index (χ4n) is 2.53. The number of carbonyl (C=O) groups is 1. The van der Waals surface area contributed by atoms with Gasteiger partial charge in [-0.05, 0) is 31.0 Å². The molecule has 1 aromatic heterocycles. The number of amides is 1. The Morgan fingerprint density at radius 3 is 2.64 bits per heavy atom. The van der Waals surface area contributed by atoms with E-state index >= 15 is 0 Å². The minimum atomic E-state index is -1.02. The summed E-state index contributed by atoms with van der Waals surface area (Å²) in [5, 5.41) is 3.95. The number of halogens is 2. The average Bonchev–Trinajstić information content (AvgIpc) is 3.20. The van der Waals surface area contributed by atoms with Crippen LogP contribution in [0.3, 0.4) is 0 Å². The van der Waals surface area contributed by atoms with Gasteiger partial charge in [0.15, 0.2) is 17.5 Å². The predicted molar refractivity (Wildman–Crippen MR) is 71.3 cm³/mol. The van der Waals surface area contributed by atoms with E-state index in [1.165, 1.54) is 6.07 Å². The topological polar surface area (TPSA) is 59.2 Å². The molecule has 0 atom stereocenters. The molecule has 1 amide bonds. The van der Waals surface area contributed by atoms with Gasteiger partial charge in [-0.15, -0.1) is 0 Å². The molecule has 2 fully saturated rings. The van der Waals surface area contributed by atoms with Gasteiger partial charge in [-0.25, -0.2) is 8.78 Å². The second-order valence-electron chi connectivity index (χ2n) is 5.80. The average molecular weight is 305 g/mol. The Hall–Kier alpha value is -2.31. The minimum Gasteiger partial charge on any atom is -0.339 e. The molecule has 7 heteroatoms. The van der Waals surface area contributed by atoms with E-state index in [2.05, 4.69) is 10.1 Å². The maximum Gasteiger partial charge on any atom is 0.254 e. The van der Waals surface area contributed by atoms with Crippen LogP contribution in [0.15, 0.2) is 22.7 Å². The van der Waals surface area contributed by atoms with E-state index in [0.29, 0.717) is 24.9 Å². The first-order valence-corrected chi connectivity index (χ1v) is 7.19. The first kappa shape index (κ1) is 13.4. The molecule has 0 radical (unpaired) electrons. The second kappa shape index (κ2) is 4.86. The first-order chi connectivity index (χ1) is 10.6. The van der Waals surface area contributed by atoms with Gasteiger partial charge in [0.25, 0.3) is 5.91 Å². The van der Waals surface area contributed by atoms with E-state index in [1.54, 1.807) is 4.90 Å². The standard InChI is InChI=1S/C15H13F2N3O2/c16-11-4-3-9(5-12(11)17)15(21)20-6-10(7-20)14-18-13(19-22-14)8-1-2-8/h3-5,8,10H,1-2,6-7H2. The fourth-order valence-corrected chi connectivity index (χ4v) is 2.53. The van der Waals surface area contributed by atoms with Crippen LogP contribution in [0.4, 0.5) is 8.78 Å². The highest BCUT2D eigenvalue weighted by Crippen LogP contribution is 2.39. The van der Waals surface area contributed by atoms with Crippen LogP contribution in [0, 0.1) is 11.6 Å². The van der Waals surface area contributed by atoms with Crippen molar-refractivity contribution in [3.63, 3.8) is 0 Å². The van der Waals surface area contributed by atoms with Crippen molar-refractivity contribution in [2.45, 2.75) is 24.7 Å². The van der Waals surface area contributed by atoms with Crippen molar-refractivity contribution in [2.75, 3.05) is 13.1 Å². The number of hydrogen-bond acceptors (Lipinski definition) is 4. The van der Waals surface area contributed by atoms with Crippen LogP contribution < -0.4 is 0 Å². The van der Waals surface area contributed by atoms with Gasteiger partial charge in [0, 0.05) is 24.6 Å². The van der Waals surface area contributed by atoms with Crippen molar-refractivity contribution in [3.05, 3.63) is 47.1 Å². The largest absolute Gasteiger partial charge is 0.339 e. The Labute approximate surface area is 124 Å². The van der Waals surface area contributed by atoms with Gasteiger partial charge in [0.05, 0.1) is 5.92 Å². The number of hydrogen-bond donors (Lipinski definition) is 0. The van der Waals surface area contributed by atoms with Crippen molar-refractivity contribution in [1.82, 2.24) is 15.0 Å². The zero-order chi connectivity index (χ0) is 15.3. The molecule has 1 aliphatic carbocycles. The summed E-state index contributed by atoms with van der Waals surface area (Å²) < 4.78 is 31.3. The highest BCUT2D eigenvalue weighted by molar-refractivity contribution is 5.94. The zero-order valence-corrected chi connectivity index (χ0v) is 11.6. The van der Waals surface area contributed by atoms with E-state index in [4.69, 9.17) is 4.52 Å².